The number of amides is 2. The minimum absolute atomic E-state index is 0.110. The molecule has 124 valence electrons. The molecule has 0 radical (unpaired) electrons. The van der Waals surface area contributed by atoms with Crippen LogP contribution in [0.5, 0.6) is 0 Å². The van der Waals surface area contributed by atoms with Gasteiger partial charge >= 0.3 is 17.8 Å². The van der Waals surface area contributed by atoms with E-state index >= 15 is 0 Å². The molecule has 0 aromatic heterocycles. The van der Waals surface area contributed by atoms with Crippen molar-refractivity contribution in [2.75, 3.05) is 12.4 Å². The van der Waals surface area contributed by atoms with Gasteiger partial charge in [0.2, 0.25) is 0 Å². The number of rotatable bonds is 4. The van der Waals surface area contributed by atoms with Crippen molar-refractivity contribution >= 4 is 23.5 Å². The number of hydrogen-bond donors (Lipinski definition) is 2. The van der Waals surface area contributed by atoms with E-state index in [4.69, 9.17) is 0 Å². The quantitative estimate of drug-likeness (QED) is 0.662. The van der Waals surface area contributed by atoms with Crippen LogP contribution in [0.1, 0.15) is 15.9 Å². The van der Waals surface area contributed by atoms with E-state index in [1.807, 2.05) is 0 Å². The average molecular weight is 330 g/mol. The molecule has 0 aliphatic rings. The molecule has 0 bridgehead atoms. The summed E-state index contributed by atoms with van der Waals surface area (Å²) in [5, 5.41) is 4.69. The van der Waals surface area contributed by atoms with Crippen molar-refractivity contribution in [1.29, 1.82) is 0 Å². The Labute approximate surface area is 137 Å². The topological polar surface area (TPSA) is 84.5 Å². The molecule has 24 heavy (non-hydrogen) atoms. The maximum atomic E-state index is 13.4. The van der Waals surface area contributed by atoms with Crippen LogP contribution in [0.4, 0.5) is 10.1 Å². The highest BCUT2D eigenvalue weighted by Crippen LogP contribution is 2.11. The van der Waals surface area contributed by atoms with E-state index < -0.39 is 23.6 Å². The molecule has 2 rings (SSSR count). The summed E-state index contributed by atoms with van der Waals surface area (Å²) in [6.07, 6.45) is 0. The van der Waals surface area contributed by atoms with Crippen molar-refractivity contribution in [3.05, 3.63) is 65.5 Å². The van der Waals surface area contributed by atoms with Crippen LogP contribution in [0, 0.1) is 5.82 Å². The standard InChI is InChI=1S/C17H15FN2O4/c1-24-17(23)11-6-4-7-13(9-11)20-16(22)15(21)19-10-12-5-2-3-8-14(12)18/h2-9H,10H2,1H3,(H,19,21)(H,20,22). The lowest BCUT2D eigenvalue weighted by atomic mass is 10.2. The highest BCUT2D eigenvalue weighted by Gasteiger charge is 2.15. The molecule has 2 aromatic carbocycles. The largest absolute Gasteiger partial charge is 0.465 e. The lowest BCUT2D eigenvalue weighted by molar-refractivity contribution is -0.136. The van der Waals surface area contributed by atoms with Gasteiger partial charge in [-0.25, -0.2) is 9.18 Å². The minimum atomic E-state index is -0.923. The van der Waals surface area contributed by atoms with Gasteiger partial charge in [-0.1, -0.05) is 24.3 Å². The number of carbonyl (C=O) groups excluding carboxylic acids is 3. The maximum absolute atomic E-state index is 13.4. The van der Waals surface area contributed by atoms with Crippen molar-refractivity contribution in [3.8, 4) is 0 Å². The van der Waals surface area contributed by atoms with Crippen LogP contribution in [-0.4, -0.2) is 24.9 Å². The molecule has 0 spiro atoms. The van der Waals surface area contributed by atoms with Gasteiger partial charge in [0.1, 0.15) is 5.82 Å². The van der Waals surface area contributed by atoms with Crippen LogP contribution >= 0.6 is 0 Å². The van der Waals surface area contributed by atoms with Crippen molar-refractivity contribution in [1.82, 2.24) is 5.32 Å². The van der Waals surface area contributed by atoms with Crippen LogP contribution in [-0.2, 0) is 20.9 Å². The molecule has 0 saturated heterocycles. The fraction of sp³-hybridized carbons (Fsp3) is 0.118. The number of carbonyl (C=O) groups is 3. The van der Waals surface area contributed by atoms with E-state index in [2.05, 4.69) is 15.4 Å². The number of halogens is 1. The summed E-state index contributed by atoms with van der Waals surface area (Å²) in [6, 6.07) is 11.9. The van der Waals surface area contributed by atoms with Gasteiger partial charge in [0, 0.05) is 17.8 Å². The Morgan fingerprint density at radius 3 is 2.50 bits per heavy atom. The first-order valence-corrected chi connectivity index (χ1v) is 7.02. The second kappa shape index (κ2) is 7.87. The monoisotopic (exact) mass is 330 g/mol. The molecule has 0 fully saturated rings. The van der Waals surface area contributed by atoms with Gasteiger partial charge < -0.3 is 15.4 Å². The fourth-order valence-corrected chi connectivity index (χ4v) is 1.93. The van der Waals surface area contributed by atoms with Crippen molar-refractivity contribution in [2.45, 2.75) is 6.54 Å². The second-order valence-corrected chi connectivity index (χ2v) is 4.80. The van der Waals surface area contributed by atoms with Crippen LogP contribution in [0.25, 0.3) is 0 Å². The molecule has 2 N–H and O–H groups in total. The SMILES string of the molecule is COC(=O)c1cccc(NC(=O)C(=O)NCc2ccccc2F)c1. The van der Waals surface area contributed by atoms with E-state index in [0.717, 1.165) is 0 Å². The first kappa shape index (κ1) is 17.1. The Hall–Kier alpha value is -3.22. The number of ether oxygens (including phenoxy) is 1. The molecular formula is C17H15FN2O4. The Bertz CT molecular complexity index is 777. The lowest BCUT2D eigenvalue weighted by Crippen LogP contribution is -2.35. The van der Waals surface area contributed by atoms with Gasteiger partial charge in [-0.2, -0.15) is 0 Å². The molecule has 0 unspecified atom stereocenters. The predicted molar refractivity (Wildman–Crippen MR) is 84.7 cm³/mol. The zero-order valence-corrected chi connectivity index (χ0v) is 12.8. The van der Waals surface area contributed by atoms with Crippen LogP contribution in [0.2, 0.25) is 0 Å². The highest BCUT2D eigenvalue weighted by molar-refractivity contribution is 6.39. The van der Waals surface area contributed by atoms with Gasteiger partial charge in [-0.15, -0.1) is 0 Å². The summed E-state index contributed by atoms with van der Waals surface area (Å²) in [6.45, 7) is -0.110. The first-order chi connectivity index (χ1) is 11.5. The normalized spacial score (nSPS) is 9.92. The van der Waals surface area contributed by atoms with Gasteiger partial charge in [-0.05, 0) is 24.3 Å². The zero-order valence-electron chi connectivity index (χ0n) is 12.8. The van der Waals surface area contributed by atoms with E-state index in [1.54, 1.807) is 12.1 Å². The van der Waals surface area contributed by atoms with Crippen molar-refractivity contribution < 1.29 is 23.5 Å². The van der Waals surface area contributed by atoms with Crippen LogP contribution in [0.15, 0.2) is 48.5 Å². The third-order valence-electron chi connectivity index (χ3n) is 3.15. The predicted octanol–water partition coefficient (Wildman–Crippen LogP) is 1.87. The highest BCUT2D eigenvalue weighted by atomic mass is 19.1. The number of nitrogens with one attached hydrogen (secondary N) is 2. The summed E-state index contributed by atoms with van der Waals surface area (Å²) in [5.41, 5.74) is 0.775. The van der Waals surface area contributed by atoms with Gasteiger partial charge in [0.25, 0.3) is 0 Å². The molecule has 7 heteroatoms. The van der Waals surface area contributed by atoms with Gasteiger partial charge in [-0.3, -0.25) is 9.59 Å². The lowest BCUT2D eigenvalue weighted by Gasteiger charge is -2.08. The number of hydrogen-bond acceptors (Lipinski definition) is 4. The Morgan fingerprint density at radius 2 is 1.79 bits per heavy atom. The molecule has 0 aliphatic carbocycles. The van der Waals surface area contributed by atoms with E-state index in [9.17, 15) is 18.8 Å². The summed E-state index contributed by atoms with van der Waals surface area (Å²) in [7, 11) is 1.24. The van der Waals surface area contributed by atoms with Gasteiger partial charge in [0.15, 0.2) is 0 Å². The number of methoxy groups -OCH3 is 1. The van der Waals surface area contributed by atoms with Gasteiger partial charge in [0.05, 0.1) is 12.7 Å². The molecule has 2 amide bonds. The summed E-state index contributed by atoms with van der Waals surface area (Å²) in [5.74, 6) is -2.87. The summed E-state index contributed by atoms with van der Waals surface area (Å²) in [4.78, 5) is 35.0. The minimum Gasteiger partial charge on any atom is -0.465 e. The maximum Gasteiger partial charge on any atom is 0.337 e. The third-order valence-corrected chi connectivity index (χ3v) is 3.15. The number of anilines is 1. The average Bonchev–Trinajstić information content (AvgIpc) is 2.60. The van der Waals surface area contributed by atoms with E-state index in [-0.39, 0.29) is 23.4 Å². The third kappa shape index (κ3) is 4.39. The Kier molecular flexibility index (Phi) is 5.62. The van der Waals surface area contributed by atoms with Crippen LogP contribution < -0.4 is 10.6 Å². The molecule has 6 nitrogen and oxygen atoms in total. The Morgan fingerprint density at radius 1 is 1.04 bits per heavy atom. The molecule has 0 atom stereocenters. The number of benzene rings is 2. The molecule has 0 heterocycles. The summed E-state index contributed by atoms with van der Waals surface area (Å²) < 4.78 is 18.0. The zero-order chi connectivity index (χ0) is 17.5. The van der Waals surface area contributed by atoms with Crippen molar-refractivity contribution in [3.63, 3.8) is 0 Å². The smallest absolute Gasteiger partial charge is 0.337 e. The molecule has 0 saturated carbocycles. The second-order valence-electron chi connectivity index (χ2n) is 4.80. The first-order valence-electron chi connectivity index (χ1n) is 7.02. The number of esters is 1. The van der Waals surface area contributed by atoms with Crippen molar-refractivity contribution in [2.24, 2.45) is 0 Å². The van der Waals surface area contributed by atoms with E-state index in [1.165, 1.54) is 43.5 Å². The summed E-state index contributed by atoms with van der Waals surface area (Å²) >= 11 is 0. The molecule has 0 aliphatic heterocycles. The van der Waals surface area contributed by atoms with Crippen LogP contribution in [0.3, 0.4) is 0 Å². The Balaban J connectivity index is 1.96. The van der Waals surface area contributed by atoms with E-state index in [0.29, 0.717) is 0 Å². The molecular weight excluding hydrogens is 315 g/mol. The fourth-order valence-electron chi connectivity index (χ4n) is 1.93. The molecule has 2 aromatic rings.